The predicted octanol–water partition coefficient (Wildman–Crippen LogP) is 3.62. The number of nitrogens with one attached hydrogen (secondary N) is 2. The molecule has 0 radical (unpaired) electrons. The molecule has 20 heavy (non-hydrogen) atoms. The summed E-state index contributed by atoms with van der Waals surface area (Å²) in [5.41, 5.74) is 2.34. The van der Waals surface area contributed by atoms with Gasteiger partial charge in [-0.25, -0.2) is 4.79 Å². The summed E-state index contributed by atoms with van der Waals surface area (Å²) in [7, 11) is 0. The van der Waals surface area contributed by atoms with Gasteiger partial charge in [-0.05, 0) is 36.6 Å². The van der Waals surface area contributed by atoms with Crippen molar-refractivity contribution in [1.82, 2.24) is 10.6 Å². The van der Waals surface area contributed by atoms with Crippen LogP contribution >= 0.6 is 11.3 Å². The van der Waals surface area contributed by atoms with Crippen LogP contribution in [0.15, 0.2) is 36.4 Å². The van der Waals surface area contributed by atoms with E-state index in [0.717, 1.165) is 12.0 Å². The molecule has 0 aliphatic rings. The smallest absolute Gasteiger partial charge is 0.315 e. The second kappa shape index (κ2) is 7.10. The van der Waals surface area contributed by atoms with Crippen LogP contribution < -0.4 is 10.6 Å². The molecule has 0 aliphatic heterocycles. The number of carbonyl (C=O) groups excluding carboxylic acids is 1. The first-order chi connectivity index (χ1) is 9.69. The van der Waals surface area contributed by atoms with Crippen molar-refractivity contribution in [3.05, 3.63) is 57.3 Å². The highest BCUT2D eigenvalue weighted by molar-refractivity contribution is 7.11. The number of aryl methyl sites for hydroxylation is 2. The number of benzene rings is 1. The second-order valence-electron chi connectivity index (χ2n) is 4.68. The monoisotopic (exact) mass is 288 g/mol. The van der Waals surface area contributed by atoms with E-state index in [4.69, 9.17) is 0 Å². The lowest BCUT2D eigenvalue weighted by molar-refractivity contribution is 0.240. The molecule has 0 fully saturated rings. The van der Waals surface area contributed by atoms with Gasteiger partial charge in [0, 0.05) is 16.3 Å². The van der Waals surface area contributed by atoms with E-state index >= 15 is 0 Å². The third-order valence-corrected chi connectivity index (χ3v) is 4.42. The molecule has 0 saturated carbocycles. The molecule has 0 spiro atoms. The van der Waals surface area contributed by atoms with Crippen molar-refractivity contribution in [3.8, 4) is 0 Å². The summed E-state index contributed by atoms with van der Waals surface area (Å²) in [6.45, 7) is 5.33. The molecule has 1 aromatic heterocycles. The van der Waals surface area contributed by atoms with Gasteiger partial charge in [0.25, 0.3) is 0 Å². The predicted molar refractivity (Wildman–Crippen MR) is 84.0 cm³/mol. The molecule has 0 unspecified atom stereocenters. The maximum Gasteiger partial charge on any atom is 0.315 e. The number of amides is 2. The van der Waals surface area contributed by atoms with Gasteiger partial charge in [0.15, 0.2) is 0 Å². The highest BCUT2D eigenvalue weighted by Gasteiger charge is 2.03. The van der Waals surface area contributed by atoms with Crippen LogP contribution in [0.2, 0.25) is 0 Å². The molecule has 1 heterocycles. The zero-order valence-electron chi connectivity index (χ0n) is 11.9. The van der Waals surface area contributed by atoms with E-state index in [2.05, 4.69) is 29.7 Å². The molecule has 1 aromatic carbocycles. The van der Waals surface area contributed by atoms with Gasteiger partial charge in [-0.1, -0.05) is 31.2 Å². The van der Waals surface area contributed by atoms with E-state index in [9.17, 15) is 4.79 Å². The van der Waals surface area contributed by atoms with Crippen molar-refractivity contribution >= 4 is 17.4 Å². The van der Waals surface area contributed by atoms with Crippen LogP contribution in [0.3, 0.4) is 0 Å². The van der Waals surface area contributed by atoms with E-state index < -0.39 is 0 Å². The average Bonchev–Trinajstić information content (AvgIpc) is 2.92. The Morgan fingerprint density at radius 1 is 1.05 bits per heavy atom. The summed E-state index contributed by atoms with van der Waals surface area (Å²) in [4.78, 5) is 14.3. The van der Waals surface area contributed by atoms with Crippen LogP contribution in [0, 0.1) is 6.92 Å². The Morgan fingerprint density at radius 3 is 2.45 bits per heavy atom. The quantitative estimate of drug-likeness (QED) is 0.867. The molecule has 0 aliphatic carbocycles. The topological polar surface area (TPSA) is 41.1 Å². The van der Waals surface area contributed by atoms with Gasteiger partial charge in [0.2, 0.25) is 0 Å². The summed E-state index contributed by atoms with van der Waals surface area (Å²) in [6, 6.07) is 12.1. The van der Waals surface area contributed by atoms with Crippen molar-refractivity contribution < 1.29 is 4.79 Å². The van der Waals surface area contributed by atoms with Crippen LogP contribution in [0.1, 0.15) is 27.8 Å². The molecule has 3 nitrogen and oxygen atoms in total. The average molecular weight is 288 g/mol. The van der Waals surface area contributed by atoms with E-state index in [0.29, 0.717) is 13.1 Å². The zero-order valence-corrected chi connectivity index (χ0v) is 12.7. The lowest BCUT2D eigenvalue weighted by atomic mass is 10.1. The van der Waals surface area contributed by atoms with Crippen molar-refractivity contribution in [2.45, 2.75) is 33.4 Å². The van der Waals surface area contributed by atoms with Crippen LogP contribution in [-0.4, -0.2) is 6.03 Å². The van der Waals surface area contributed by atoms with E-state index in [1.54, 1.807) is 11.3 Å². The number of hydrogen-bond donors (Lipinski definition) is 2. The van der Waals surface area contributed by atoms with E-state index in [1.807, 2.05) is 31.2 Å². The highest BCUT2D eigenvalue weighted by atomic mass is 32.1. The Morgan fingerprint density at radius 2 is 1.75 bits per heavy atom. The van der Waals surface area contributed by atoms with Crippen molar-refractivity contribution in [2.24, 2.45) is 0 Å². The van der Waals surface area contributed by atoms with Gasteiger partial charge in [-0.3, -0.25) is 0 Å². The zero-order chi connectivity index (χ0) is 14.4. The molecule has 2 rings (SSSR count). The summed E-state index contributed by atoms with van der Waals surface area (Å²) in [5.74, 6) is 0. The molecular formula is C16H20N2OS. The van der Waals surface area contributed by atoms with Gasteiger partial charge in [-0.15, -0.1) is 11.3 Å². The molecule has 2 amide bonds. The number of hydrogen-bond acceptors (Lipinski definition) is 2. The minimum atomic E-state index is -0.125. The Hall–Kier alpha value is -1.81. The summed E-state index contributed by atoms with van der Waals surface area (Å²) in [6.07, 6.45) is 1.05. The number of carbonyl (C=O) groups is 1. The fourth-order valence-electron chi connectivity index (χ4n) is 1.92. The number of rotatable bonds is 5. The minimum Gasteiger partial charge on any atom is -0.334 e. The van der Waals surface area contributed by atoms with Crippen LogP contribution in [0.4, 0.5) is 4.79 Å². The lowest BCUT2D eigenvalue weighted by Crippen LogP contribution is -2.34. The fourth-order valence-corrected chi connectivity index (χ4v) is 2.82. The Balaban J connectivity index is 1.77. The highest BCUT2D eigenvalue weighted by Crippen LogP contribution is 2.16. The van der Waals surface area contributed by atoms with Crippen LogP contribution in [-0.2, 0) is 19.5 Å². The fraction of sp³-hybridized carbons (Fsp3) is 0.312. The molecule has 4 heteroatoms. The first kappa shape index (κ1) is 14.6. The third-order valence-electron chi connectivity index (χ3n) is 3.19. The maximum absolute atomic E-state index is 11.8. The van der Waals surface area contributed by atoms with Gasteiger partial charge >= 0.3 is 6.03 Å². The second-order valence-corrected chi connectivity index (χ2v) is 5.94. The van der Waals surface area contributed by atoms with Gasteiger partial charge in [-0.2, -0.15) is 0 Å². The molecule has 106 valence electrons. The minimum absolute atomic E-state index is 0.125. The molecule has 0 saturated heterocycles. The molecule has 0 bridgehead atoms. The van der Waals surface area contributed by atoms with E-state index in [1.165, 1.54) is 15.3 Å². The van der Waals surface area contributed by atoms with E-state index in [-0.39, 0.29) is 6.03 Å². The van der Waals surface area contributed by atoms with Crippen molar-refractivity contribution in [3.63, 3.8) is 0 Å². The van der Waals surface area contributed by atoms with Crippen LogP contribution in [0.5, 0.6) is 0 Å². The third kappa shape index (κ3) is 4.10. The van der Waals surface area contributed by atoms with Gasteiger partial charge in [0.1, 0.15) is 0 Å². The summed E-state index contributed by atoms with van der Waals surface area (Å²) >= 11 is 1.75. The lowest BCUT2D eigenvalue weighted by Gasteiger charge is -2.08. The Bertz CT molecular complexity index is 577. The first-order valence-corrected chi connectivity index (χ1v) is 7.64. The molecule has 2 aromatic rings. The normalized spacial score (nSPS) is 10.3. The number of urea groups is 1. The van der Waals surface area contributed by atoms with Crippen molar-refractivity contribution in [2.75, 3.05) is 0 Å². The summed E-state index contributed by atoms with van der Waals surface area (Å²) in [5, 5.41) is 5.77. The van der Waals surface area contributed by atoms with Crippen LogP contribution in [0.25, 0.3) is 0 Å². The number of thiophene rings is 1. The Labute approximate surface area is 124 Å². The Kier molecular flexibility index (Phi) is 5.18. The standard InChI is InChI=1S/C16H20N2OS/c1-3-14-8-9-15(20-14)11-18-16(19)17-10-13-7-5-4-6-12(13)2/h4-9H,3,10-11H2,1-2H3,(H2,17,18,19). The van der Waals surface area contributed by atoms with Crippen molar-refractivity contribution in [1.29, 1.82) is 0 Å². The first-order valence-electron chi connectivity index (χ1n) is 6.83. The van der Waals surface area contributed by atoms with Gasteiger partial charge < -0.3 is 10.6 Å². The SMILES string of the molecule is CCc1ccc(CNC(=O)NCc2ccccc2C)s1. The van der Waals surface area contributed by atoms with Gasteiger partial charge in [0.05, 0.1) is 6.54 Å². The maximum atomic E-state index is 11.8. The molecule has 0 atom stereocenters. The summed E-state index contributed by atoms with van der Waals surface area (Å²) < 4.78 is 0. The largest absolute Gasteiger partial charge is 0.334 e. The molecule has 2 N–H and O–H groups in total. The molecular weight excluding hydrogens is 268 g/mol.